The number of carbonyl (C=O) groups excluding carboxylic acids is 1. The molecule has 1 aromatic carbocycles. The van der Waals surface area contributed by atoms with E-state index in [1.807, 2.05) is 13.0 Å². The SMILES string of the molecule is CCc1nccn1CC(=O)Nc1ccccc1C#N. The number of carbonyl (C=O) groups is 1. The molecule has 5 heteroatoms. The van der Waals surface area contributed by atoms with E-state index in [-0.39, 0.29) is 12.5 Å². The molecule has 1 aromatic heterocycles. The molecule has 1 amide bonds. The van der Waals surface area contributed by atoms with Crippen LogP contribution in [0.4, 0.5) is 5.69 Å². The van der Waals surface area contributed by atoms with Gasteiger partial charge in [0.05, 0.1) is 11.3 Å². The normalized spacial score (nSPS) is 9.89. The van der Waals surface area contributed by atoms with Gasteiger partial charge in [0.1, 0.15) is 18.4 Å². The highest BCUT2D eigenvalue weighted by atomic mass is 16.1. The van der Waals surface area contributed by atoms with Gasteiger partial charge in [-0.2, -0.15) is 5.26 Å². The van der Waals surface area contributed by atoms with Crippen molar-refractivity contribution in [2.45, 2.75) is 19.9 Å². The monoisotopic (exact) mass is 254 g/mol. The van der Waals surface area contributed by atoms with Crippen molar-refractivity contribution in [3.8, 4) is 6.07 Å². The first-order chi connectivity index (χ1) is 9.24. The van der Waals surface area contributed by atoms with Crippen LogP contribution >= 0.6 is 0 Å². The van der Waals surface area contributed by atoms with E-state index in [9.17, 15) is 4.79 Å². The number of aryl methyl sites for hydroxylation is 1. The van der Waals surface area contributed by atoms with E-state index in [1.54, 1.807) is 41.2 Å². The van der Waals surface area contributed by atoms with E-state index in [0.29, 0.717) is 11.3 Å². The topological polar surface area (TPSA) is 70.7 Å². The summed E-state index contributed by atoms with van der Waals surface area (Å²) in [6.45, 7) is 2.19. The molecule has 0 saturated heterocycles. The van der Waals surface area contributed by atoms with Crippen molar-refractivity contribution in [1.82, 2.24) is 9.55 Å². The third-order valence-corrected chi connectivity index (χ3v) is 2.75. The van der Waals surface area contributed by atoms with Gasteiger partial charge in [0.2, 0.25) is 5.91 Å². The number of rotatable bonds is 4. The fraction of sp³-hybridized carbons (Fsp3) is 0.214. The Labute approximate surface area is 111 Å². The highest BCUT2D eigenvalue weighted by Gasteiger charge is 2.08. The van der Waals surface area contributed by atoms with Gasteiger partial charge in [-0.3, -0.25) is 4.79 Å². The van der Waals surface area contributed by atoms with Gasteiger partial charge in [-0.25, -0.2) is 4.98 Å². The van der Waals surface area contributed by atoms with Gasteiger partial charge >= 0.3 is 0 Å². The Morgan fingerprint density at radius 3 is 3.00 bits per heavy atom. The van der Waals surface area contributed by atoms with Crippen molar-refractivity contribution in [3.05, 3.63) is 48.0 Å². The quantitative estimate of drug-likeness (QED) is 0.906. The summed E-state index contributed by atoms with van der Waals surface area (Å²) >= 11 is 0. The molecule has 0 fully saturated rings. The molecule has 1 heterocycles. The Balaban J connectivity index is 2.08. The summed E-state index contributed by atoms with van der Waals surface area (Å²) in [6.07, 6.45) is 4.22. The number of nitriles is 1. The number of aromatic nitrogens is 2. The van der Waals surface area contributed by atoms with Crippen LogP contribution in [0, 0.1) is 11.3 Å². The van der Waals surface area contributed by atoms with Crippen molar-refractivity contribution in [2.24, 2.45) is 0 Å². The first-order valence-electron chi connectivity index (χ1n) is 6.03. The second-order valence-corrected chi connectivity index (χ2v) is 4.03. The fourth-order valence-electron chi connectivity index (χ4n) is 1.83. The molecule has 2 aromatic rings. The summed E-state index contributed by atoms with van der Waals surface area (Å²) in [7, 11) is 0. The van der Waals surface area contributed by atoms with Gasteiger partial charge in [-0.1, -0.05) is 19.1 Å². The lowest BCUT2D eigenvalue weighted by molar-refractivity contribution is -0.116. The first-order valence-corrected chi connectivity index (χ1v) is 6.03. The van der Waals surface area contributed by atoms with E-state index in [0.717, 1.165) is 12.2 Å². The smallest absolute Gasteiger partial charge is 0.244 e. The van der Waals surface area contributed by atoms with Crippen molar-refractivity contribution in [3.63, 3.8) is 0 Å². The fourth-order valence-corrected chi connectivity index (χ4v) is 1.83. The van der Waals surface area contributed by atoms with Crippen LogP contribution < -0.4 is 5.32 Å². The zero-order chi connectivity index (χ0) is 13.7. The molecule has 0 radical (unpaired) electrons. The van der Waals surface area contributed by atoms with Gasteiger partial charge in [0, 0.05) is 18.8 Å². The van der Waals surface area contributed by atoms with Crippen LogP contribution in [0.25, 0.3) is 0 Å². The van der Waals surface area contributed by atoms with E-state index in [2.05, 4.69) is 10.3 Å². The van der Waals surface area contributed by atoms with Crippen LogP contribution in [0.5, 0.6) is 0 Å². The number of nitrogens with one attached hydrogen (secondary N) is 1. The molecule has 96 valence electrons. The molecule has 0 saturated carbocycles. The Morgan fingerprint density at radius 2 is 2.26 bits per heavy atom. The van der Waals surface area contributed by atoms with Crippen LogP contribution in [-0.2, 0) is 17.8 Å². The summed E-state index contributed by atoms with van der Waals surface area (Å²) in [5, 5.41) is 11.7. The molecule has 2 rings (SSSR count). The Morgan fingerprint density at radius 1 is 1.47 bits per heavy atom. The number of nitrogens with zero attached hydrogens (tertiary/aromatic N) is 3. The molecule has 0 spiro atoms. The van der Waals surface area contributed by atoms with E-state index in [4.69, 9.17) is 5.26 Å². The minimum absolute atomic E-state index is 0.171. The van der Waals surface area contributed by atoms with Gasteiger partial charge < -0.3 is 9.88 Å². The minimum Gasteiger partial charge on any atom is -0.326 e. The third-order valence-electron chi connectivity index (χ3n) is 2.75. The zero-order valence-electron chi connectivity index (χ0n) is 10.6. The number of imidazole rings is 1. The molecule has 0 atom stereocenters. The number of para-hydroxylation sites is 1. The van der Waals surface area contributed by atoms with Gasteiger partial charge in [-0.15, -0.1) is 0 Å². The second-order valence-electron chi connectivity index (χ2n) is 4.03. The maximum Gasteiger partial charge on any atom is 0.244 e. The number of anilines is 1. The number of hydrogen-bond donors (Lipinski definition) is 1. The average molecular weight is 254 g/mol. The Hall–Kier alpha value is -2.61. The largest absolute Gasteiger partial charge is 0.326 e. The van der Waals surface area contributed by atoms with E-state index < -0.39 is 0 Å². The summed E-state index contributed by atoms with van der Waals surface area (Å²) in [4.78, 5) is 16.1. The standard InChI is InChI=1S/C14H14N4O/c1-2-13-16-7-8-18(13)10-14(19)17-12-6-4-3-5-11(12)9-15/h3-8H,2,10H2,1H3,(H,17,19). The summed E-state index contributed by atoms with van der Waals surface area (Å²) < 4.78 is 1.80. The predicted octanol–water partition coefficient (Wildman–Crippen LogP) is 1.96. The molecule has 0 aliphatic rings. The van der Waals surface area contributed by atoms with E-state index in [1.165, 1.54) is 0 Å². The summed E-state index contributed by atoms with van der Waals surface area (Å²) in [6, 6.07) is 8.98. The molecule has 1 N–H and O–H groups in total. The Bertz CT molecular complexity index is 624. The lowest BCUT2D eigenvalue weighted by Crippen LogP contribution is -2.20. The summed E-state index contributed by atoms with van der Waals surface area (Å²) in [5.74, 6) is 0.694. The second kappa shape index (κ2) is 5.83. The molecule has 0 aliphatic heterocycles. The number of hydrogen-bond acceptors (Lipinski definition) is 3. The maximum absolute atomic E-state index is 11.9. The van der Waals surface area contributed by atoms with Crippen molar-refractivity contribution in [2.75, 3.05) is 5.32 Å². The molecule has 19 heavy (non-hydrogen) atoms. The van der Waals surface area contributed by atoms with Crippen molar-refractivity contribution < 1.29 is 4.79 Å². The minimum atomic E-state index is -0.171. The maximum atomic E-state index is 11.9. The lowest BCUT2D eigenvalue weighted by Gasteiger charge is -2.08. The molecule has 0 aliphatic carbocycles. The van der Waals surface area contributed by atoms with Crippen molar-refractivity contribution in [1.29, 1.82) is 5.26 Å². The molecule has 0 unspecified atom stereocenters. The average Bonchev–Trinajstić information content (AvgIpc) is 2.86. The van der Waals surface area contributed by atoms with Crippen molar-refractivity contribution >= 4 is 11.6 Å². The Kier molecular flexibility index (Phi) is 3.94. The molecule has 5 nitrogen and oxygen atoms in total. The van der Waals surface area contributed by atoms with Gasteiger partial charge in [0.15, 0.2) is 0 Å². The highest BCUT2D eigenvalue weighted by molar-refractivity contribution is 5.91. The zero-order valence-corrected chi connectivity index (χ0v) is 10.6. The summed E-state index contributed by atoms with van der Waals surface area (Å²) in [5.41, 5.74) is 0.991. The molecular weight excluding hydrogens is 240 g/mol. The van der Waals surface area contributed by atoms with Gasteiger partial charge in [0.25, 0.3) is 0 Å². The van der Waals surface area contributed by atoms with Crippen LogP contribution in [-0.4, -0.2) is 15.5 Å². The van der Waals surface area contributed by atoms with E-state index >= 15 is 0 Å². The van der Waals surface area contributed by atoms with Gasteiger partial charge in [-0.05, 0) is 12.1 Å². The predicted molar refractivity (Wildman–Crippen MR) is 71.4 cm³/mol. The lowest BCUT2D eigenvalue weighted by atomic mass is 10.2. The number of amides is 1. The van der Waals surface area contributed by atoms with Crippen LogP contribution in [0.1, 0.15) is 18.3 Å². The first kappa shape index (κ1) is 12.8. The van der Waals surface area contributed by atoms with Crippen LogP contribution in [0.15, 0.2) is 36.7 Å². The van der Waals surface area contributed by atoms with Crippen LogP contribution in [0.2, 0.25) is 0 Å². The third kappa shape index (κ3) is 2.99. The van der Waals surface area contributed by atoms with Crippen LogP contribution in [0.3, 0.4) is 0 Å². The number of benzene rings is 1. The highest BCUT2D eigenvalue weighted by Crippen LogP contribution is 2.13. The molecule has 0 bridgehead atoms. The molecular formula is C14H14N4O.